The van der Waals surface area contributed by atoms with Crippen molar-refractivity contribution in [2.24, 2.45) is 0 Å². The standard InChI is InChI=1S/C16H20ClNOS/c1-4-11-8-9-20-16(11)15(18-5-2)13-7-6-12(19-3)10-14(13)17/h6-10,15,18H,4-5H2,1-3H3. The van der Waals surface area contributed by atoms with Crippen LogP contribution in [0.25, 0.3) is 0 Å². The topological polar surface area (TPSA) is 21.3 Å². The number of hydrogen-bond donors (Lipinski definition) is 1. The van der Waals surface area contributed by atoms with E-state index in [1.54, 1.807) is 18.4 Å². The maximum Gasteiger partial charge on any atom is 0.120 e. The van der Waals surface area contributed by atoms with E-state index in [-0.39, 0.29) is 6.04 Å². The van der Waals surface area contributed by atoms with Gasteiger partial charge in [0, 0.05) is 9.90 Å². The second kappa shape index (κ2) is 7.11. The summed E-state index contributed by atoms with van der Waals surface area (Å²) < 4.78 is 5.22. The average molecular weight is 310 g/mol. The third kappa shape index (κ3) is 3.17. The second-order valence-corrected chi connectivity index (χ2v) is 5.90. The molecule has 108 valence electrons. The summed E-state index contributed by atoms with van der Waals surface area (Å²) in [6, 6.07) is 8.23. The molecule has 0 fully saturated rings. The van der Waals surface area contributed by atoms with Gasteiger partial charge in [-0.15, -0.1) is 11.3 Å². The Morgan fingerprint density at radius 2 is 2.10 bits per heavy atom. The first-order valence-corrected chi connectivity index (χ1v) is 8.10. The van der Waals surface area contributed by atoms with Crippen LogP contribution in [0.2, 0.25) is 5.02 Å². The van der Waals surface area contributed by atoms with Crippen LogP contribution < -0.4 is 10.1 Å². The lowest BCUT2D eigenvalue weighted by Gasteiger charge is -2.20. The molecule has 2 aromatic rings. The smallest absolute Gasteiger partial charge is 0.120 e. The molecule has 1 N–H and O–H groups in total. The summed E-state index contributed by atoms with van der Waals surface area (Å²) in [5.41, 5.74) is 2.49. The van der Waals surface area contributed by atoms with E-state index in [1.807, 2.05) is 18.2 Å². The molecular weight excluding hydrogens is 290 g/mol. The average Bonchev–Trinajstić information content (AvgIpc) is 2.93. The number of thiophene rings is 1. The number of nitrogens with one attached hydrogen (secondary N) is 1. The van der Waals surface area contributed by atoms with Gasteiger partial charge in [-0.25, -0.2) is 0 Å². The molecule has 20 heavy (non-hydrogen) atoms. The summed E-state index contributed by atoms with van der Waals surface area (Å²) in [6.45, 7) is 5.20. The molecule has 0 amide bonds. The van der Waals surface area contributed by atoms with E-state index < -0.39 is 0 Å². The predicted molar refractivity (Wildman–Crippen MR) is 87.2 cm³/mol. The van der Waals surface area contributed by atoms with Crippen LogP contribution in [0, 0.1) is 0 Å². The molecular formula is C16H20ClNOS. The first kappa shape index (κ1) is 15.4. The fourth-order valence-electron chi connectivity index (χ4n) is 2.31. The Balaban J connectivity index is 2.43. The van der Waals surface area contributed by atoms with Gasteiger partial charge in [-0.2, -0.15) is 0 Å². The van der Waals surface area contributed by atoms with Gasteiger partial charge in [0.25, 0.3) is 0 Å². The van der Waals surface area contributed by atoms with Crippen LogP contribution in [0.5, 0.6) is 5.75 Å². The molecule has 0 aliphatic rings. The van der Waals surface area contributed by atoms with Gasteiger partial charge in [0.15, 0.2) is 0 Å². The summed E-state index contributed by atoms with van der Waals surface area (Å²) >= 11 is 8.22. The summed E-state index contributed by atoms with van der Waals surface area (Å²) in [4.78, 5) is 1.35. The Kier molecular flexibility index (Phi) is 5.46. The van der Waals surface area contributed by atoms with Crippen LogP contribution in [0.4, 0.5) is 0 Å². The van der Waals surface area contributed by atoms with Crippen molar-refractivity contribution < 1.29 is 4.74 Å². The van der Waals surface area contributed by atoms with Crippen LogP contribution in [0.15, 0.2) is 29.6 Å². The monoisotopic (exact) mass is 309 g/mol. The van der Waals surface area contributed by atoms with Gasteiger partial charge in [-0.1, -0.05) is 31.5 Å². The maximum absolute atomic E-state index is 6.44. The molecule has 0 saturated carbocycles. The zero-order valence-electron chi connectivity index (χ0n) is 12.1. The highest BCUT2D eigenvalue weighted by Crippen LogP contribution is 2.35. The second-order valence-electron chi connectivity index (χ2n) is 4.54. The summed E-state index contributed by atoms with van der Waals surface area (Å²) in [5.74, 6) is 0.788. The molecule has 0 spiro atoms. The molecule has 1 atom stereocenters. The highest BCUT2D eigenvalue weighted by atomic mass is 35.5. The Morgan fingerprint density at radius 1 is 1.30 bits per heavy atom. The molecule has 4 heteroatoms. The van der Waals surface area contributed by atoms with E-state index in [0.29, 0.717) is 0 Å². The lowest BCUT2D eigenvalue weighted by atomic mass is 10.0. The predicted octanol–water partition coefficient (Wildman–Crippen LogP) is 4.67. The minimum absolute atomic E-state index is 0.147. The van der Waals surface area contributed by atoms with Crippen molar-refractivity contribution in [1.82, 2.24) is 5.32 Å². The Morgan fingerprint density at radius 3 is 2.70 bits per heavy atom. The largest absolute Gasteiger partial charge is 0.497 e. The number of halogens is 1. The van der Waals surface area contributed by atoms with Crippen molar-refractivity contribution in [3.63, 3.8) is 0 Å². The molecule has 1 aromatic carbocycles. The minimum atomic E-state index is 0.147. The SMILES string of the molecule is CCNC(c1ccc(OC)cc1Cl)c1sccc1CC. The molecule has 0 saturated heterocycles. The van der Waals surface area contributed by atoms with E-state index in [9.17, 15) is 0 Å². The van der Waals surface area contributed by atoms with Gasteiger partial charge >= 0.3 is 0 Å². The van der Waals surface area contributed by atoms with Crippen LogP contribution in [0.3, 0.4) is 0 Å². The third-order valence-electron chi connectivity index (χ3n) is 3.35. The van der Waals surface area contributed by atoms with E-state index in [2.05, 4.69) is 30.6 Å². The van der Waals surface area contributed by atoms with E-state index in [1.165, 1.54) is 10.4 Å². The summed E-state index contributed by atoms with van der Waals surface area (Å²) in [5, 5.41) is 6.43. The fourth-order valence-corrected chi connectivity index (χ4v) is 3.68. The molecule has 0 radical (unpaired) electrons. The first-order chi connectivity index (χ1) is 9.71. The lowest BCUT2D eigenvalue weighted by Crippen LogP contribution is -2.22. The number of hydrogen-bond acceptors (Lipinski definition) is 3. The van der Waals surface area contributed by atoms with E-state index in [4.69, 9.17) is 16.3 Å². The number of ether oxygens (including phenoxy) is 1. The molecule has 2 rings (SSSR count). The lowest BCUT2D eigenvalue weighted by molar-refractivity contribution is 0.414. The molecule has 1 unspecified atom stereocenters. The zero-order valence-corrected chi connectivity index (χ0v) is 13.6. The third-order valence-corrected chi connectivity index (χ3v) is 4.70. The Bertz CT molecular complexity index is 567. The van der Waals surface area contributed by atoms with Crippen molar-refractivity contribution in [2.45, 2.75) is 26.3 Å². The zero-order chi connectivity index (χ0) is 14.5. The summed E-state index contributed by atoms with van der Waals surface area (Å²) in [6.07, 6.45) is 1.04. The Labute approximate surface area is 129 Å². The number of methoxy groups -OCH3 is 1. The number of rotatable bonds is 6. The normalized spacial score (nSPS) is 12.4. The van der Waals surface area contributed by atoms with Gasteiger partial charge in [0.05, 0.1) is 13.2 Å². The van der Waals surface area contributed by atoms with Gasteiger partial charge in [-0.05, 0) is 47.7 Å². The van der Waals surface area contributed by atoms with Crippen molar-refractivity contribution in [1.29, 1.82) is 0 Å². The molecule has 0 aliphatic heterocycles. The molecule has 0 bridgehead atoms. The highest BCUT2D eigenvalue weighted by Gasteiger charge is 2.20. The summed E-state index contributed by atoms with van der Waals surface area (Å²) in [7, 11) is 1.65. The quantitative estimate of drug-likeness (QED) is 0.837. The Hall–Kier alpha value is -1.03. The number of benzene rings is 1. The maximum atomic E-state index is 6.44. The van der Waals surface area contributed by atoms with E-state index >= 15 is 0 Å². The molecule has 1 heterocycles. The highest BCUT2D eigenvalue weighted by molar-refractivity contribution is 7.10. The van der Waals surface area contributed by atoms with Crippen molar-refractivity contribution in [3.8, 4) is 5.75 Å². The van der Waals surface area contributed by atoms with Crippen LogP contribution in [0.1, 0.15) is 35.9 Å². The van der Waals surface area contributed by atoms with Gasteiger partial charge in [0.1, 0.15) is 5.75 Å². The molecule has 0 aliphatic carbocycles. The fraction of sp³-hybridized carbons (Fsp3) is 0.375. The van der Waals surface area contributed by atoms with Gasteiger partial charge in [0.2, 0.25) is 0 Å². The van der Waals surface area contributed by atoms with Crippen molar-refractivity contribution >= 4 is 22.9 Å². The van der Waals surface area contributed by atoms with Gasteiger partial charge in [-0.3, -0.25) is 0 Å². The molecule has 2 nitrogen and oxygen atoms in total. The van der Waals surface area contributed by atoms with E-state index in [0.717, 1.165) is 29.3 Å². The van der Waals surface area contributed by atoms with Crippen LogP contribution in [-0.2, 0) is 6.42 Å². The van der Waals surface area contributed by atoms with Crippen molar-refractivity contribution in [3.05, 3.63) is 50.7 Å². The van der Waals surface area contributed by atoms with Crippen LogP contribution in [-0.4, -0.2) is 13.7 Å². The van der Waals surface area contributed by atoms with Gasteiger partial charge < -0.3 is 10.1 Å². The first-order valence-electron chi connectivity index (χ1n) is 6.84. The van der Waals surface area contributed by atoms with Crippen molar-refractivity contribution in [2.75, 3.05) is 13.7 Å². The molecule has 1 aromatic heterocycles. The number of aryl methyl sites for hydroxylation is 1. The van der Waals surface area contributed by atoms with Crippen LogP contribution >= 0.6 is 22.9 Å². The minimum Gasteiger partial charge on any atom is -0.497 e.